The standard InChI is InChI=1S/C2F5NO4/c3-1(4,5)2(6,7)11-12-8(9)10. The second-order valence-electron chi connectivity index (χ2n) is 1.40. The topological polar surface area (TPSA) is 61.6 Å². The van der Waals surface area contributed by atoms with Crippen molar-refractivity contribution in [3.8, 4) is 0 Å². The number of alkyl halides is 5. The largest absolute Gasteiger partial charge is 0.485 e. The minimum absolute atomic E-state index is 1.94. The van der Waals surface area contributed by atoms with E-state index >= 15 is 0 Å². The summed E-state index contributed by atoms with van der Waals surface area (Å²) < 4.78 is 56.3. The van der Waals surface area contributed by atoms with Crippen molar-refractivity contribution in [1.82, 2.24) is 0 Å². The molecule has 10 heteroatoms. The third-order valence-corrected chi connectivity index (χ3v) is 0.533. The van der Waals surface area contributed by atoms with Gasteiger partial charge in [-0.05, 0) is 0 Å². The second kappa shape index (κ2) is 3.05. The fourth-order valence-corrected chi connectivity index (χ4v) is 0.124. The first kappa shape index (κ1) is 10.8. The van der Waals surface area contributed by atoms with E-state index in [4.69, 9.17) is 10.1 Å². The molecule has 0 atom stereocenters. The number of halogens is 5. The van der Waals surface area contributed by atoms with Gasteiger partial charge in [-0.1, -0.05) is 0 Å². The lowest BCUT2D eigenvalue weighted by Gasteiger charge is -2.15. The molecule has 0 aromatic rings. The molecule has 5 nitrogen and oxygen atoms in total. The van der Waals surface area contributed by atoms with E-state index in [2.05, 4.69) is 9.88 Å². The quantitative estimate of drug-likeness (QED) is 0.296. The van der Waals surface area contributed by atoms with E-state index in [0.717, 1.165) is 0 Å². The highest BCUT2D eigenvalue weighted by molar-refractivity contribution is 4.61. The van der Waals surface area contributed by atoms with Gasteiger partial charge in [-0.25, -0.2) is 0 Å². The van der Waals surface area contributed by atoms with Crippen LogP contribution in [0.15, 0.2) is 0 Å². The van der Waals surface area contributed by atoms with Crippen LogP contribution in [0.3, 0.4) is 0 Å². The van der Waals surface area contributed by atoms with Crippen molar-refractivity contribution in [2.45, 2.75) is 12.3 Å². The van der Waals surface area contributed by atoms with Crippen LogP contribution in [0.1, 0.15) is 0 Å². The van der Waals surface area contributed by atoms with Gasteiger partial charge in [-0.3, -0.25) is 0 Å². The molecule has 0 aliphatic carbocycles. The van der Waals surface area contributed by atoms with Crippen LogP contribution in [0.5, 0.6) is 0 Å². The maximum absolute atomic E-state index is 11.5. The molecular formula is C2F5NO4. The van der Waals surface area contributed by atoms with Gasteiger partial charge in [0.05, 0.1) is 0 Å². The van der Waals surface area contributed by atoms with Crippen LogP contribution in [0, 0.1) is 10.1 Å². The normalized spacial score (nSPS) is 12.8. The Morgan fingerprint density at radius 2 is 1.58 bits per heavy atom. The molecule has 0 aliphatic rings. The molecule has 0 saturated heterocycles. The first-order chi connectivity index (χ1) is 5.17. The molecule has 0 radical (unpaired) electrons. The SMILES string of the molecule is O=[N+]([O-])OOC(F)(F)C(F)(F)F. The Kier molecular flexibility index (Phi) is 2.74. The minimum atomic E-state index is -6.05. The van der Waals surface area contributed by atoms with Crippen LogP contribution >= 0.6 is 0 Å². The van der Waals surface area contributed by atoms with E-state index < -0.39 is 17.4 Å². The zero-order valence-corrected chi connectivity index (χ0v) is 4.97. The lowest BCUT2D eigenvalue weighted by atomic mass is 10.6. The van der Waals surface area contributed by atoms with Gasteiger partial charge in [0.2, 0.25) is 0 Å². The molecule has 0 amide bonds. The van der Waals surface area contributed by atoms with E-state index in [1.807, 2.05) is 0 Å². The smallest absolute Gasteiger partial charge is 0.164 e. The van der Waals surface area contributed by atoms with Gasteiger partial charge in [0.25, 0.3) is 0 Å². The highest BCUT2D eigenvalue weighted by atomic mass is 19.4. The average Bonchev–Trinajstić information content (AvgIpc) is 1.81. The van der Waals surface area contributed by atoms with Crippen molar-refractivity contribution in [2.75, 3.05) is 0 Å². The van der Waals surface area contributed by atoms with Crippen molar-refractivity contribution in [3.63, 3.8) is 0 Å². The summed E-state index contributed by atoms with van der Waals surface area (Å²) >= 11 is 0. The molecule has 0 aromatic heterocycles. The molecule has 0 unspecified atom stereocenters. The number of hydrogen-bond donors (Lipinski definition) is 0. The zero-order valence-electron chi connectivity index (χ0n) is 4.97. The van der Waals surface area contributed by atoms with E-state index in [1.165, 1.54) is 0 Å². The molecule has 0 heterocycles. The summed E-state index contributed by atoms with van der Waals surface area (Å²) in [4.78, 5) is 13.7. The summed E-state index contributed by atoms with van der Waals surface area (Å²) in [7, 11) is 0. The summed E-state index contributed by atoms with van der Waals surface area (Å²) in [6, 6.07) is 0. The molecule has 0 bridgehead atoms. The molecule has 0 fully saturated rings. The van der Waals surface area contributed by atoms with Crippen molar-refractivity contribution < 1.29 is 36.9 Å². The Labute approximate surface area is 60.7 Å². The van der Waals surface area contributed by atoms with Gasteiger partial charge in [-0.15, -0.1) is 20.0 Å². The van der Waals surface area contributed by atoms with Gasteiger partial charge in [0, 0.05) is 0 Å². The number of rotatable bonds is 3. The van der Waals surface area contributed by atoms with Crippen molar-refractivity contribution in [1.29, 1.82) is 0 Å². The summed E-state index contributed by atoms with van der Waals surface area (Å²) in [5, 5.41) is 7.19. The first-order valence-electron chi connectivity index (χ1n) is 2.11. The van der Waals surface area contributed by atoms with Crippen molar-refractivity contribution in [2.24, 2.45) is 0 Å². The maximum atomic E-state index is 11.5. The minimum Gasteiger partial charge on any atom is -0.164 e. The fraction of sp³-hybridized carbons (Fsp3) is 1.00. The Morgan fingerprint density at radius 1 is 1.17 bits per heavy atom. The third kappa shape index (κ3) is 2.82. The molecule has 0 spiro atoms. The predicted molar refractivity (Wildman–Crippen MR) is 20.2 cm³/mol. The summed E-state index contributed by atoms with van der Waals surface area (Å²) in [6.45, 7) is 0. The van der Waals surface area contributed by atoms with Gasteiger partial charge in [0.1, 0.15) is 0 Å². The van der Waals surface area contributed by atoms with Crippen LogP contribution in [-0.2, 0) is 9.88 Å². The van der Waals surface area contributed by atoms with E-state index in [1.54, 1.807) is 0 Å². The van der Waals surface area contributed by atoms with E-state index in [9.17, 15) is 22.0 Å². The summed E-state index contributed by atoms with van der Waals surface area (Å²) in [5.41, 5.74) is 0. The third-order valence-electron chi connectivity index (χ3n) is 0.533. The Morgan fingerprint density at radius 3 is 1.83 bits per heavy atom. The molecule has 0 aliphatic heterocycles. The van der Waals surface area contributed by atoms with E-state index in [-0.39, 0.29) is 0 Å². The molecule has 12 heavy (non-hydrogen) atoms. The lowest BCUT2D eigenvalue weighted by molar-refractivity contribution is -0.872. The number of hydrogen-bond acceptors (Lipinski definition) is 4. The molecule has 0 N–H and O–H groups in total. The average molecular weight is 197 g/mol. The number of nitrogens with zero attached hydrogens (tertiary/aromatic N) is 1. The molecule has 0 aromatic carbocycles. The van der Waals surface area contributed by atoms with Crippen LogP contribution < -0.4 is 0 Å². The Balaban J connectivity index is 4.14. The molecule has 0 saturated carbocycles. The maximum Gasteiger partial charge on any atom is 0.485 e. The highest BCUT2D eigenvalue weighted by Crippen LogP contribution is 2.36. The van der Waals surface area contributed by atoms with Crippen LogP contribution in [0.2, 0.25) is 0 Å². The van der Waals surface area contributed by atoms with Gasteiger partial charge < -0.3 is 0 Å². The lowest BCUT2D eigenvalue weighted by Crippen LogP contribution is -2.39. The monoisotopic (exact) mass is 197 g/mol. The summed E-state index contributed by atoms with van der Waals surface area (Å²) in [6.07, 6.45) is -11.7. The van der Waals surface area contributed by atoms with Gasteiger partial charge in [0.15, 0.2) is 0 Å². The summed E-state index contributed by atoms with van der Waals surface area (Å²) in [5.74, 6) is 0. The molecular weight excluding hydrogens is 197 g/mol. The van der Waals surface area contributed by atoms with Crippen LogP contribution in [-0.4, -0.2) is 17.4 Å². The van der Waals surface area contributed by atoms with Gasteiger partial charge in [-0.2, -0.15) is 22.0 Å². The van der Waals surface area contributed by atoms with Gasteiger partial charge >= 0.3 is 17.4 Å². The Hall–Kier alpha value is -1.19. The molecule has 0 rings (SSSR count). The fourth-order valence-electron chi connectivity index (χ4n) is 0.124. The first-order valence-corrected chi connectivity index (χ1v) is 2.11. The second-order valence-corrected chi connectivity index (χ2v) is 1.40. The zero-order chi connectivity index (χ0) is 9.99. The van der Waals surface area contributed by atoms with Crippen LogP contribution in [0.25, 0.3) is 0 Å². The Bertz CT molecular complexity index is 177. The predicted octanol–water partition coefficient (Wildman–Crippen LogP) is 1.28. The van der Waals surface area contributed by atoms with Crippen molar-refractivity contribution in [3.05, 3.63) is 10.1 Å². The molecule has 72 valence electrons. The van der Waals surface area contributed by atoms with Crippen molar-refractivity contribution >= 4 is 0 Å². The highest BCUT2D eigenvalue weighted by Gasteiger charge is 2.61. The van der Waals surface area contributed by atoms with Crippen LogP contribution in [0.4, 0.5) is 22.0 Å². The van der Waals surface area contributed by atoms with E-state index in [0.29, 0.717) is 0 Å².